The molecule has 5 atom stereocenters. The van der Waals surface area contributed by atoms with E-state index in [0.29, 0.717) is 10.9 Å². The first-order valence-corrected chi connectivity index (χ1v) is 10.1. The lowest BCUT2D eigenvalue weighted by molar-refractivity contribution is -0.218. The predicted octanol–water partition coefficient (Wildman–Crippen LogP) is 2.37. The maximum Gasteiger partial charge on any atom is 0.337 e. The van der Waals surface area contributed by atoms with Gasteiger partial charge in [0.25, 0.3) is 5.79 Å². The Balaban J connectivity index is 2.25. The minimum atomic E-state index is -1.39. The third kappa shape index (κ3) is 3.40. The van der Waals surface area contributed by atoms with Crippen LogP contribution in [0.25, 0.3) is 0 Å². The largest absolute Gasteiger partial charge is 0.614 e. The van der Waals surface area contributed by atoms with E-state index in [2.05, 4.69) is 13.8 Å². The highest BCUT2D eigenvalue weighted by Gasteiger charge is 2.71. The van der Waals surface area contributed by atoms with Gasteiger partial charge in [-0.25, -0.2) is 4.79 Å². The Bertz CT molecular complexity index is 592. The molecule has 2 fully saturated rings. The molecule has 0 spiro atoms. The van der Waals surface area contributed by atoms with Gasteiger partial charge in [-0.1, -0.05) is 32.5 Å². The number of nitrogens with zero attached hydrogens (tertiary/aromatic N) is 1. The molecule has 25 heavy (non-hydrogen) atoms. The van der Waals surface area contributed by atoms with Crippen LogP contribution in [0, 0.1) is 11.8 Å². The summed E-state index contributed by atoms with van der Waals surface area (Å²) in [5, 5.41) is -0.258. The van der Waals surface area contributed by atoms with Crippen molar-refractivity contribution >= 4 is 40.3 Å². The van der Waals surface area contributed by atoms with Crippen LogP contribution in [-0.2, 0) is 30.2 Å². The van der Waals surface area contributed by atoms with Gasteiger partial charge >= 0.3 is 11.9 Å². The van der Waals surface area contributed by atoms with Gasteiger partial charge in [-0.2, -0.15) is 0 Å². The number of thiocarbonyl (C=S) groups is 1. The third-order valence-corrected chi connectivity index (χ3v) is 7.71. The molecule has 2 heterocycles. The van der Waals surface area contributed by atoms with Crippen LogP contribution >= 0.6 is 12.2 Å². The lowest BCUT2D eigenvalue weighted by Gasteiger charge is -2.47. The average molecular weight is 390 g/mol. The molecule has 142 valence electrons. The zero-order valence-corrected chi connectivity index (χ0v) is 17.5. The van der Waals surface area contributed by atoms with Gasteiger partial charge in [0.2, 0.25) is 0 Å². The molecular formula is C17H27NO5S2. The van der Waals surface area contributed by atoms with Gasteiger partial charge in [0.1, 0.15) is 0 Å². The molecule has 6 nitrogen and oxygen atoms in total. The molecule has 0 aromatic heterocycles. The summed E-state index contributed by atoms with van der Waals surface area (Å²) in [6.07, 6.45) is 0.932. The van der Waals surface area contributed by atoms with E-state index in [1.807, 2.05) is 0 Å². The summed E-state index contributed by atoms with van der Waals surface area (Å²) in [5.74, 6) is -2.15. The van der Waals surface area contributed by atoms with Gasteiger partial charge in [0.05, 0.1) is 10.9 Å². The minimum absolute atomic E-state index is 0.0411. The number of hydrogen-bond donors (Lipinski definition) is 0. The molecule has 2 aliphatic heterocycles. The zero-order chi connectivity index (χ0) is 19.3. The Morgan fingerprint density at radius 1 is 1.40 bits per heavy atom. The van der Waals surface area contributed by atoms with Crippen molar-refractivity contribution in [2.45, 2.75) is 76.8 Å². The molecule has 0 aliphatic carbocycles. The van der Waals surface area contributed by atoms with Gasteiger partial charge < -0.3 is 18.9 Å². The highest BCUT2D eigenvalue weighted by molar-refractivity contribution is 7.94. The molecule has 0 radical (unpaired) electrons. The quantitative estimate of drug-likeness (QED) is 0.309. The minimum Gasteiger partial charge on any atom is -0.614 e. The van der Waals surface area contributed by atoms with Gasteiger partial charge in [0.15, 0.2) is 16.2 Å². The summed E-state index contributed by atoms with van der Waals surface area (Å²) < 4.78 is 22.7. The van der Waals surface area contributed by atoms with Crippen molar-refractivity contribution in [3.8, 4) is 0 Å². The van der Waals surface area contributed by atoms with Crippen LogP contribution < -0.4 is 0 Å². The molecule has 0 aromatic rings. The lowest BCUT2D eigenvalue weighted by Crippen LogP contribution is -2.64. The molecule has 0 N–H and O–H groups in total. The van der Waals surface area contributed by atoms with Crippen LogP contribution in [0.1, 0.15) is 54.9 Å². The summed E-state index contributed by atoms with van der Waals surface area (Å²) in [6.45, 7) is 12.0. The van der Waals surface area contributed by atoms with E-state index < -0.39 is 39.7 Å². The second kappa shape index (κ2) is 6.70. The molecule has 2 unspecified atom stereocenters. The number of carbonyl (C=O) groups is 2. The fraction of sp³-hybridized carbons (Fsp3) is 0.824. The molecule has 0 amide bonds. The fourth-order valence-electron chi connectivity index (χ4n) is 3.62. The normalized spacial score (nSPS) is 31.8. The van der Waals surface area contributed by atoms with E-state index in [9.17, 15) is 14.1 Å². The third-order valence-electron chi connectivity index (χ3n) is 5.01. The molecule has 2 saturated heterocycles. The maximum absolute atomic E-state index is 13.0. The van der Waals surface area contributed by atoms with Gasteiger partial charge in [-0.3, -0.25) is 4.79 Å². The number of fused-ring (bicyclic) bond motifs is 1. The lowest BCUT2D eigenvalue weighted by atomic mass is 9.82. The number of hydrogen-bond acceptors (Lipinski definition) is 6. The van der Waals surface area contributed by atoms with E-state index in [1.54, 1.807) is 18.7 Å². The van der Waals surface area contributed by atoms with Crippen molar-refractivity contribution in [2.75, 3.05) is 0 Å². The number of ether oxygens (including phenoxy) is 2. The molecule has 2 rings (SSSR count). The van der Waals surface area contributed by atoms with Crippen LogP contribution in [-0.4, -0.2) is 48.3 Å². The van der Waals surface area contributed by atoms with Gasteiger partial charge in [-0.15, -0.1) is 0 Å². The van der Waals surface area contributed by atoms with E-state index in [-0.39, 0.29) is 11.3 Å². The Labute approximate surface area is 157 Å². The zero-order valence-electron chi connectivity index (χ0n) is 15.8. The number of carbonyl (C=O) groups excluding carboxylic acids is 2. The molecule has 0 bridgehead atoms. The standard InChI is InChI=1S/C17H27NO5S2/c1-8-9(2)11-13(24)18-12(16(4,5)25(21)14(11)18)15(20)23-17(6,7)22-10(3)19/h9,11-12,14H,8H2,1-7H3/t9?,11-,12+,14-,25?/m1/s1. The first kappa shape index (κ1) is 20.5. The fourth-order valence-corrected chi connectivity index (χ4v) is 6.51. The van der Waals surface area contributed by atoms with Crippen LogP contribution in [0.15, 0.2) is 0 Å². The summed E-state index contributed by atoms with van der Waals surface area (Å²) in [4.78, 5) is 26.5. The second-order valence-electron chi connectivity index (χ2n) is 7.77. The summed E-state index contributed by atoms with van der Waals surface area (Å²) in [7, 11) is 0. The molecule has 2 aliphatic rings. The summed E-state index contributed by atoms with van der Waals surface area (Å²) in [6, 6.07) is -0.749. The monoisotopic (exact) mass is 389 g/mol. The second-order valence-corrected chi connectivity index (χ2v) is 10.3. The first-order chi connectivity index (χ1) is 11.3. The van der Waals surface area contributed by atoms with Crippen molar-refractivity contribution in [1.82, 2.24) is 4.90 Å². The Hall–Kier alpha value is -0.860. The van der Waals surface area contributed by atoms with Crippen LogP contribution in [0.2, 0.25) is 0 Å². The van der Waals surface area contributed by atoms with Crippen LogP contribution in [0.3, 0.4) is 0 Å². The molecule has 0 saturated carbocycles. The molecule has 0 aromatic carbocycles. The highest BCUT2D eigenvalue weighted by Crippen LogP contribution is 2.52. The van der Waals surface area contributed by atoms with Crippen molar-refractivity contribution in [2.24, 2.45) is 11.8 Å². The highest BCUT2D eigenvalue weighted by atomic mass is 32.2. The topological polar surface area (TPSA) is 78.9 Å². The maximum atomic E-state index is 13.0. The van der Waals surface area contributed by atoms with E-state index in [4.69, 9.17) is 21.7 Å². The van der Waals surface area contributed by atoms with Crippen molar-refractivity contribution in [3.05, 3.63) is 0 Å². The van der Waals surface area contributed by atoms with Gasteiger partial charge in [-0.05, 0) is 30.9 Å². The van der Waals surface area contributed by atoms with E-state index >= 15 is 0 Å². The van der Waals surface area contributed by atoms with E-state index in [1.165, 1.54) is 20.8 Å². The van der Waals surface area contributed by atoms with Crippen molar-refractivity contribution < 1.29 is 23.6 Å². The summed E-state index contributed by atoms with van der Waals surface area (Å²) >= 11 is 4.29. The average Bonchev–Trinajstić information content (AvgIpc) is 2.62. The van der Waals surface area contributed by atoms with Crippen molar-refractivity contribution in [3.63, 3.8) is 0 Å². The van der Waals surface area contributed by atoms with Crippen LogP contribution in [0.5, 0.6) is 0 Å². The summed E-state index contributed by atoms with van der Waals surface area (Å²) in [5.41, 5.74) is 0. The van der Waals surface area contributed by atoms with Crippen LogP contribution in [0.4, 0.5) is 0 Å². The number of esters is 2. The Morgan fingerprint density at radius 3 is 2.44 bits per heavy atom. The van der Waals surface area contributed by atoms with Crippen molar-refractivity contribution in [1.29, 1.82) is 0 Å². The Kier molecular flexibility index (Phi) is 5.48. The SMILES string of the molecule is CCC(C)[C@@H]1C(=S)N2[C@@H]1[S+]([O-])C(C)(C)[C@@H]2C(=O)OC(C)(C)OC(C)=O. The van der Waals surface area contributed by atoms with E-state index in [0.717, 1.165) is 6.42 Å². The van der Waals surface area contributed by atoms with Gasteiger partial charge in [0, 0.05) is 20.8 Å². The molecular weight excluding hydrogens is 362 g/mol. The smallest absolute Gasteiger partial charge is 0.337 e. The molecule has 8 heteroatoms. The predicted molar refractivity (Wildman–Crippen MR) is 99.1 cm³/mol. The number of rotatable bonds is 5. The first-order valence-electron chi connectivity index (χ1n) is 8.50. The Morgan fingerprint density at radius 2 is 1.96 bits per heavy atom.